The lowest BCUT2D eigenvalue weighted by molar-refractivity contribution is 0.0745. The van der Waals surface area contributed by atoms with Crippen LogP contribution in [0.15, 0.2) is 65.4 Å². The highest BCUT2D eigenvalue weighted by Gasteiger charge is 2.24. The minimum absolute atomic E-state index is 0.0555. The normalized spacial score (nSPS) is 13.9. The van der Waals surface area contributed by atoms with Gasteiger partial charge in [0.25, 0.3) is 5.91 Å². The van der Waals surface area contributed by atoms with Crippen LogP contribution in [0.1, 0.15) is 17.3 Å². The van der Waals surface area contributed by atoms with Crippen molar-refractivity contribution in [1.29, 1.82) is 0 Å². The summed E-state index contributed by atoms with van der Waals surface area (Å²) in [6.45, 7) is 5.39. The fourth-order valence-corrected chi connectivity index (χ4v) is 3.96. The first-order valence-corrected chi connectivity index (χ1v) is 10.8. The predicted octanol–water partition coefficient (Wildman–Crippen LogP) is 4.27. The summed E-state index contributed by atoms with van der Waals surface area (Å²) in [5, 5.41) is 0. The van der Waals surface area contributed by atoms with Crippen LogP contribution in [0.25, 0.3) is 11.3 Å². The highest BCUT2D eigenvalue weighted by atomic mass is 79.9. The molecule has 2 heterocycles. The van der Waals surface area contributed by atoms with E-state index in [1.54, 1.807) is 6.33 Å². The Labute approximate surface area is 184 Å². The number of carbonyl (C=O) groups excluding carboxylic acids is 1. The molecule has 1 saturated heterocycles. The third kappa shape index (κ3) is 4.46. The predicted molar refractivity (Wildman–Crippen MR) is 121 cm³/mol. The smallest absolute Gasteiger partial charge is 0.255 e. The van der Waals surface area contributed by atoms with E-state index in [-0.39, 0.29) is 5.91 Å². The van der Waals surface area contributed by atoms with Crippen molar-refractivity contribution in [2.75, 3.05) is 37.7 Å². The number of amides is 1. The molecular weight excluding hydrogens is 444 g/mol. The van der Waals surface area contributed by atoms with Crippen molar-refractivity contribution >= 4 is 27.7 Å². The van der Waals surface area contributed by atoms with Crippen LogP contribution in [0.3, 0.4) is 0 Å². The summed E-state index contributed by atoms with van der Waals surface area (Å²) >= 11 is 3.47. The van der Waals surface area contributed by atoms with Crippen molar-refractivity contribution in [1.82, 2.24) is 14.9 Å². The number of anilines is 1. The van der Waals surface area contributed by atoms with Gasteiger partial charge >= 0.3 is 0 Å². The van der Waals surface area contributed by atoms with Gasteiger partial charge in [-0.25, -0.2) is 9.97 Å². The number of ether oxygens (including phenoxy) is 1. The summed E-state index contributed by atoms with van der Waals surface area (Å²) in [5.41, 5.74) is 2.59. The van der Waals surface area contributed by atoms with Gasteiger partial charge in [0.2, 0.25) is 0 Å². The van der Waals surface area contributed by atoms with E-state index in [0.29, 0.717) is 25.3 Å². The fraction of sp³-hybridized carbons (Fsp3) is 0.261. The van der Waals surface area contributed by atoms with Gasteiger partial charge in [-0.2, -0.15) is 0 Å². The lowest BCUT2D eigenvalue weighted by Crippen LogP contribution is -2.49. The van der Waals surface area contributed by atoms with Crippen molar-refractivity contribution in [2.45, 2.75) is 6.92 Å². The number of piperazine rings is 1. The Balaban J connectivity index is 1.43. The molecule has 0 aliphatic carbocycles. The highest BCUT2D eigenvalue weighted by Crippen LogP contribution is 2.24. The molecule has 0 radical (unpaired) electrons. The van der Waals surface area contributed by atoms with E-state index in [4.69, 9.17) is 4.74 Å². The first kappa shape index (κ1) is 20.3. The molecule has 0 unspecified atom stereocenters. The minimum atomic E-state index is 0.0555. The Hall–Kier alpha value is -2.93. The molecule has 0 atom stereocenters. The average molecular weight is 467 g/mol. The van der Waals surface area contributed by atoms with Gasteiger partial charge < -0.3 is 14.5 Å². The molecule has 0 N–H and O–H groups in total. The van der Waals surface area contributed by atoms with Crippen LogP contribution in [0, 0.1) is 0 Å². The van der Waals surface area contributed by atoms with Crippen LogP contribution in [-0.4, -0.2) is 53.6 Å². The Bertz CT molecular complexity index is 1020. The van der Waals surface area contributed by atoms with E-state index < -0.39 is 0 Å². The van der Waals surface area contributed by atoms with E-state index in [1.165, 1.54) is 0 Å². The Morgan fingerprint density at radius 3 is 2.47 bits per heavy atom. The number of hydrogen-bond acceptors (Lipinski definition) is 5. The van der Waals surface area contributed by atoms with Gasteiger partial charge in [0.15, 0.2) is 0 Å². The summed E-state index contributed by atoms with van der Waals surface area (Å²) < 4.78 is 6.34. The lowest BCUT2D eigenvalue weighted by Gasteiger charge is -2.35. The topological polar surface area (TPSA) is 58.6 Å². The summed E-state index contributed by atoms with van der Waals surface area (Å²) in [6.07, 6.45) is 1.60. The number of carbonyl (C=O) groups is 1. The number of halogens is 1. The molecule has 1 fully saturated rings. The molecule has 7 heteroatoms. The van der Waals surface area contributed by atoms with Crippen LogP contribution < -0.4 is 9.64 Å². The zero-order valence-electron chi connectivity index (χ0n) is 16.8. The van der Waals surface area contributed by atoms with Gasteiger partial charge in [0.1, 0.15) is 17.9 Å². The van der Waals surface area contributed by atoms with Crippen LogP contribution in [0.5, 0.6) is 5.75 Å². The maximum absolute atomic E-state index is 12.8. The molecule has 154 valence electrons. The summed E-state index contributed by atoms with van der Waals surface area (Å²) in [5.74, 6) is 1.78. The largest absolute Gasteiger partial charge is 0.494 e. The van der Waals surface area contributed by atoms with Crippen molar-refractivity contribution in [3.05, 3.63) is 71.0 Å². The number of hydrogen-bond donors (Lipinski definition) is 0. The fourth-order valence-electron chi connectivity index (χ4n) is 3.51. The molecule has 4 rings (SSSR count). The molecule has 0 spiro atoms. The molecule has 2 aromatic carbocycles. The Kier molecular flexibility index (Phi) is 6.28. The molecule has 1 aliphatic rings. The van der Waals surface area contributed by atoms with E-state index in [0.717, 1.165) is 40.4 Å². The van der Waals surface area contributed by atoms with Gasteiger partial charge in [-0.3, -0.25) is 4.79 Å². The van der Waals surface area contributed by atoms with Crippen molar-refractivity contribution in [2.24, 2.45) is 0 Å². The van der Waals surface area contributed by atoms with Gasteiger partial charge in [-0.05, 0) is 59.3 Å². The summed E-state index contributed by atoms with van der Waals surface area (Å²) in [6, 6.07) is 17.5. The molecule has 6 nitrogen and oxygen atoms in total. The third-order valence-electron chi connectivity index (χ3n) is 5.11. The van der Waals surface area contributed by atoms with Crippen molar-refractivity contribution < 1.29 is 9.53 Å². The molecule has 3 aromatic rings. The maximum Gasteiger partial charge on any atom is 0.255 e. The van der Waals surface area contributed by atoms with E-state index in [9.17, 15) is 4.79 Å². The van der Waals surface area contributed by atoms with Gasteiger partial charge in [-0.1, -0.05) is 12.1 Å². The second-order valence-electron chi connectivity index (χ2n) is 6.98. The van der Waals surface area contributed by atoms with Crippen molar-refractivity contribution in [3.63, 3.8) is 0 Å². The van der Waals surface area contributed by atoms with E-state index in [2.05, 4.69) is 30.8 Å². The maximum atomic E-state index is 12.8. The highest BCUT2D eigenvalue weighted by molar-refractivity contribution is 9.10. The molecule has 1 aromatic heterocycles. The number of benzene rings is 2. The van der Waals surface area contributed by atoms with E-state index in [1.807, 2.05) is 66.4 Å². The van der Waals surface area contributed by atoms with Crippen LogP contribution in [0.4, 0.5) is 5.82 Å². The number of nitrogens with zero attached hydrogens (tertiary/aromatic N) is 4. The number of aromatic nitrogens is 2. The quantitative estimate of drug-likeness (QED) is 0.561. The second kappa shape index (κ2) is 9.26. The van der Waals surface area contributed by atoms with Crippen LogP contribution in [-0.2, 0) is 0 Å². The first-order valence-electron chi connectivity index (χ1n) is 9.99. The van der Waals surface area contributed by atoms with Gasteiger partial charge in [0.05, 0.1) is 17.9 Å². The van der Waals surface area contributed by atoms with Gasteiger partial charge in [0, 0.05) is 42.3 Å². The van der Waals surface area contributed by atoms with Crippen LogP contribution >= 0.6 is 15.9 Å². The van der Waals surface area contributed by atoms with Crippen LogP contribution in [0.2, 0.25) is 0 Å². The average Bonchev–Trinajstić information content (AvgIpc) is 2.80. The SMILES string of the molecule is CCOc1ccc(-c2cc(N3CCN(C(=O)c4ccccc4Br)CC3)ncn2)cc1. The zero-order valence-corrected chi connectivity index (χ0v) is 18.4. The Morgan fingerprint density at radius 2 is 1.77 bits per heavy atom. The van der Waals surface area contributed by atoms with Crippen molar-refractivity contribution in [3.8, 4) is 17.0 Å². The van der Waals surface area contributed by atoms with Gasteiger partial charge in [-0.15, -0.1) is 0 Å². The monoisotopic (exact) mass is 466 g/mol. The molecule has 0 bridgehead atoms. The number of rotatable bonds is 5. The molecular formula is C23H23BrN4O2. The lowest BCUT2D eigenvalue weighted by atomic mass is 10.1. The summed E-state index contributed by atoms with van der Waals surface area (Å²) in [4.78, 5) is 25.8. The molecule has 30 heavy (non-hydrogen) atoms. The molecule has 1 amide bonds. The van der Waals surface area contributed by atoms with E-state index >= 15 is 0 Å². The molecule has 1 aliphatic heterocycles. The zero-order chi connectivity index (χ0) is 20.9. The standard InChI is InChI=1S/C23H23BrN4O2/c1-2-30-18-9-7-17(8-10-18)21-15-22(26-16-25-21)27-11-13-28(14-12-27)23(29)19-5-3-4-6-20(19)24/h3-10,15-16H,2,11-14H2,1H3. The summed E-state index contributed by atoms with van der Waals surface area (Å²) in [7, 11) is 0. The second-order valence-corrected chi connectivity index (χ2v) is 7.83. The third-order valence-corrected chi connectivity index (χ3v) is 5.80. The Morgan fingerprint density at radius 1 is 1.03 bits per heavy atom. The minimum Gasteiger partial charge on any atom is -0.494 e. The molecule has 0 saturated carbocycles. The first-order chi connectivity index (χ1) is 14.7.